The fourth-order valence-corrected chi connectivity index (χ4v) is 3.83. The Kier molecular flexibility index (Phi) is 4.97. The van der Waals surface area contributed by atoms with Crippen molar-refractivity contribution in [3.63, 3.8) is 0 Å². The third-order valence-electron chi connectivity index (χ3n) is 5.35. The van der Waals surface area contributed by atoms with Crippen LogP contribution in [-0.2, 0) is 5.41 Å². The monoisotopic (exact) mass is 347 g/mol. The summed E-state index contributed by atoms with van der Waals surface area (Å²) in [6.07, 6.45) is 6.28. The summed E-state index contributed by atoms with van der Waals surface area (Å²) in [4.78, 5) is 33.7. The van der Waals surface area contributed by atoms with Gasteiger partial charge in [-0.15, -0.1) is 0 Å². The molecule has 2 aliphatic rings. The van der Waals surface area contributed by atoms with E-state index >= 15 is 0 Å². The first-order valence-corrected chi connectivity index (χ1v) is 9.13. The number of hydrogen-bond acceptors (Lipinski definition) is 5. The van der Waals surface area contributed by atoms with Gasteiger partial charge in [-0.05, 0) is 18.8 Å². The Balaban J connectivity index is 1.69. The van der Waals surface area contributed by atoms with Crippen molar-refractivity contribution in [3.8, 4) is 0 Å². The second-order valence-corrected chi connectivity index (χ2v) is 8.36. The van der Waals surface area contributed by atoms with Gasteiger partial charge in [-0.25, -0.2) is 4.98 Å². The molecule has 1 aromatic rings. The Morgan fingerprint density at radius 2 is 2.00 bits per heavy atom. The van der Waals surface area contributed by atoms with Crippen LogP contribution in [0.15, 0.2) is 11.0 Å². The molecule has 0 bridgehead atoms. The minimum absolute atomic E-state index is 0.0988. The standard InChI is InChI=1S/C18H29N5O2/c1-18(2,3)17-19-9-12(15(24)20-17)16(25)23(4)10-14-11-7-5-6-8-13(11)21-22-14/h9,11,13-14,21-22H,5-8,10H2,1-4H3,(H,19,20,24). The van der Waals surface area contributed by atoms with E-state index in [2.05, 4.69) is 20.8 Å². The number of aromatic nitrogens is 2. The van der Waals surface area contributed by atoms with Crippen LogP contribution in [0.5, 0.6) is 0 Å². The summed E-state index contributed by atoms with van der Waals surface area (Å²) in [6.45, 7) is 6.49. The highest BCUT2D eigenvalue weighted by Crippen LogP contribution is 2.30. The number of carbonyl (C=O) groups is 1. The summed E-state index contributed by atoms with van der Waals surface area (Å²) in [7, 11) is 1.75. The van der Waals surface area contributed by atoms with E-state index in [9.17, 15) is 9.59 Å². The zero-order chi connectivity index (χ0) is 18.2. The SMILES string of the molecule is CN(CC1NNC2CCCCC21)C(=O)c1cnc(C(C)(C)C)[nH]c1=O. The molecule has 1 amide bonds. The van der Waals surface area contributed by atoms with Gasteiger partial charge in [0.1, 0.15) is 11.4 Å². The molecule has 0 radical (unpaired) electrons. The van der Waals surface area contributed by atoms with Crippen LogP contribution in [0.25, 0.3) is 0 Å². The van der Waals surface area contributed by atoms with E-state index in [1.165, 1.54) is 31.9 Å². The lowest BCUT2D eigenvalue weighted by Crippen LogP contribution is -2.44. The van der Waals surface area contributed by atoms with Gasteiger partial charge in [0.15, 0.2) is 0 Å². The Morgan fingerprint density at radius 3 is 2.68 bits per heavy atom. The number of amides is 1. The summed E-state index contributed by atoms with van der Waals surface area (Å²) in [5.74, 6) is 0.849. The van der Waals surface area contributed by atoms with Crippen LogP contribution in [0.4, 0.5) is 0 Å². The first kappa shape index (κ1) is 18.1. The Labute approximate surface area is 148 Å². The van der Waals surface area contributed by atoms with Gasteiger partial charge in [0.05, 0.1) is 0 Å². The molecule has 3 unspecified atom stereocenters. The number of H-pyrrole nitrogens is 1. The van der Waals surface area contributed by atoms with Crippen molar-refractivity contribution in [3.05, 3.63) is 27.9 Å². The van der Waals surface area contributed by atoms with Crippen LogP contribution >= 0.6 is 0 Å². The minimum atomic E-state index is -0.371. The fraction of sp³-hybridized carbons (Fsp3) is 0.722. The average molecular weight is 347 g/mol. The number of likely N-dealkylation sites (N-methyl/N-ethyl adjacent to an activating group) is 1. The summed E-state index contributed by atoms with van der Waals surface area (Å²) in [5.41, 5.74) is 6.16. The Hall–Kier alpha value is -1.73. The highest BCUT2D eigenvalue weighted by atomic mass is 16.2. The van der Waals surface area contributed by atoms with Crippen molar-refractivity contribution >= 4 is 5.91 Å². The van der Waals surface area contributed by atoms with Gasteiger partial charge < -0.3 is 9.88 Å². The lowest BCUT2D eigenvalue weighted by Gasteiger charge is -2.29. The molecule has 3 rings (SSSR count). The van der Waals surface area contributed by atoms with Crippen molar-refractivity contribution in [2.45, 2.75) is 64.0 Å². The van der Waals surface area contributed by atoms with E-state index in [1.54, 1.807) is 11.9 Å². The van der Waals surface area contributed by atoms with Gasteiger partial charge in [0.25, 0.3) is 11.5 Å². The van der Waals surface area contributed by atoms with Crippen molar-refractivity contribution < 1.29 is 4.79 Å². The Bertz CT molecular complexity index is 693. The number of hydrogen-bond donors (Lipinski definition) is 3. The van der Waals surface area contributed by atoms with Crippen LogP contribution in [0.3, 0.4) is 0 Å². The molecule has 138 valence electrons. The smallest absolute Gasteiger partial charge is 0.263 e. The van der Waals surface area contributed by atoms with Crippen LogP contribution in [0.2, 0.25) is 0 Å². The molecule has 7 heteroatoms. The number of hydrazine groups is 1. The number of nitrogens with one attached hydrogen (secondary N) is 3. The number of rotatable bonds is 3. The zero-order valence-electron chi connectivity index (χ0n) is 15.6. The van der Waals surface area contributed by atoms with E-state index in [4.69, 9.17) is 0 Å². The lowest BCUT2D eigenvalue weighted by molar-refractivity contribution is 0.0770. The summed E-state index contributed by atoms with van der Waals surface area (Å²) in [5, 5.41) is 0. The molecular formula is C18H29N5O2. The third-order valence-corrected chi connectivity index (χ3v) is 5.35. The van der Waals surface area contributed by atoms with Crippen LogP contribution in [0, 0.1) is 5.92 Å². The van der Waals surface area contributed by atoms with Crippen molar-refractivity contribution in [2.24, 2.45) is 5.92 Å². The predicted molar refractivity (Wildman–Crippen MR) is 96.3 cm³/mol. The zero-order valence-corrected chi connectivity index (χ0v) is 15.6. The molecule has 0 spiro atoms. The second-order valence-electron chi connectivity index (χ2n) is 8.36. The molecule has 3 atom stereocenters. The molecule has 1 aliphatic heterocycles. The first-order valence-electron chi connectivity index (χ1n) is 9.13. The van der Waals surface area contributed by atoms with Crippen molar-refractivity contribution in [2.75, 3.05) is 13.6 Å². The van der Waals surface area contributed by atoms with E-state index in [1.807, 2.05) is 20.8 Å². The third kappa shape index (κ3) is 3.77. The van der Waals surface area contributed by atoms with Gasteiger partial charge >= 0.3 is 0 Å². The van der Waals surface area contributed by atoms with Gasteiger partial charge in [-0.3, -0.25) is 20.4 Å². The minimum Gasteiger partial charge on any atom is -0.340 e. The molecule has 1 saturated carbocycles. The van der Waals surface area contributed by atoms with E-state index in [-0.39, 0.29) is 28.5 Å². The molecule has 25 heavy (non-hydrogen) atoms. The molecule has 1 saturated heterocycles. The number of aromatic amines is 1. The molecular weight excluding hydrogens is 318 g/mol. The molecule has 1 aromatic heterocycles. The lowest BCUT2D eigenvalue weighted by atomic mass is 9.81. The van der Waals surface area contributed by atoms with Crippen LogP contribution in [0.1, 0.15) is 62.6 Å². The maximum Gasteiger partial charge on any atom is 0.263 e. The molecule has 1 aliphatic carbocycles. The number of fused-ring (bicyclic) bond motifs is 1. The van der Waals surface area contributed by atoms with Gasteiger partial charge in [-0.2, -0.15) is 0 Å². The number of nitrogens with zero attached hydrogens (tertiary/aromatic N) is 2. The molecule has 3 N–H and O–H groups in total. The van der Waals surface area contributed by atoms with Crippen LogP contribution < -0.4 is 16.4 Å². The predicted octanol–water partition coefficient (Wildman–Crippen LogP) is 1.17. The summed E-state index contributed by atoms with van der Waals surface area (Å²) < 4.78 is 0. The maximum atomic E-state index is 12.7. The van der Waals surface area contributed by atoms with Gasteiger partial charge in [0, 0.05) is 37.3 Å². The molecule has 2 heterocycles. The fourth-order valence-electron chi connectivity index (χ4n) is 3.83. The molecule has 0 aromatic carbocycles. The van der Waals surface area contributed by atoms with Gasteiger partial charge in [-0.1, -0.05) is 33.6 Å². The van der Waals surface area contributed by atoms with E-state index < -0.39 is 0 Å². The largest absolute Gasteiger partial charge is 0.340 e. The highest BCUT2D eigenvalue weighted by molar-refractivity contribution is 5.93. The van der Waals surface area contributed by atoms with E-state index in [0.717, 1.165) is 0 Å². The normalized spacial score (nSPS) is 26.3. The van der Waals surface area contributed by atoms with E-state index in [0.29, 0.717) is 24.3 Å². The Morgan fingerprint density at radius 1 is 1.28 bits per heavy atom. The topological polar surface area (TPSA) is 90.1 Å². The highest BCUT2D eigenvalue weighted by Gasteiger charge is 2.38. The summed E-state index contributed by atoms with van der Waals surface area (Å²) in [6, 6.07) is 0.721. The van der Waals surface area contributed by atoms with Crippen molar-refractivity contribution in [1.82, 2.24) is 25.7 Å². The second kappa shape index (κ2) is 6.88. The first-order chi connectivity index (χ1) is 11.8. The summed E-state index contributed by atoms with van der Waals surface area (Å²) >= 11 is 0. The molecule has 7 nitrogen and oxygen atoms in total. The average Bonchev–Trinajstić information content (AvgIpc) is 2.96. The maximum absolute atomic E-state index is 12.7. The van der Waals surface area contributed by atoms with Crippen molar-refractivity contribution in [1.29, 1.82) is 0 Å². The molecule has 2 fully saturated rings. The quantitative estimate of drug-likeness (QED) is 0.764. The number of carbonyl (C=O) groups excluding carboxylic acids is 1. The van der Waals surface area contributed by atoms with Crippen LogP contribution in [-0.4, -0.2) is 46.5 Å². The van der Waals surface area contributed by atoms with Gasteiger partial charge in [0.2, 0.25) is 0 Å².